The van der Waals surface area contributed by atoms with Crippen LogP contribution in [0.1, 0.15) is 56.6 Å². The van der Waals surface area contributed by atoms with Crippen LogP contribution in [0.2, 0.25) is 0 Å². The van der Waals surface area contributed by atoms with E-state index in [9.17, 15) is 14.4 Å². The highest BCUT2D eigenvalue weighted by atomic mass is 79.9. The van der Waals surface area contributed by atoms with Crippen molar-refractivity contribution in [2.75, 3.05) is 18.5 Å². The van der Waals surface area contributed by atoms with Crippen molar-refractivity contribution >= 4 is 56.5 Å². The molecule has 5 fully saturated rings. The maximum Gasteiger partial charge on any atom is 0.294 e. The molecule has 3 amide bonds. The average molecular weight is 596 g/mol. The molecule has 7 rings (SSSR count). The lowest BCUT2D eigenvalue weighted by Crippen LogP contribution is -2.48. The molecule has 0 unspecified atom stereocenters. The number of benzene rings is 2. The van der Waals surface area contributed by atoms with Gasteiger partial charge in [0.1, 0.15) is 12.3 Å². The summed E-state index contributed by atoms with van der Waals surface area (Å²) in [5, 5.41) is 2.30. The second kappa shape index (κ2) is 10.2. The second-order valence-electron chi connectivity index (χ2n) is 11.2. The summed E-state index contributed by atoms with van der Waals surface area (Å²) in [4.78, 5) is 39.9. The Balaban J connectivity index is 1.23. The van der Waals surface area contributed by atoms with Gasteiger partial charge in [0, 0.05) is 15.7 Å². The van der Waals surface area contributed by atoms with E-state index in [0.29, 0.717) is 22.9 Å². The van der Waals surface area contributed by atoms with Crippen LogP contribution >= 0.6 is 27.7 Å². The zero-order valence-electron chi connectivity index (χ0n) is 21.4. The Bertz CT molecular complexity index is 1290. The van der Waals surface area contributed by atoms with Gasteiger partial charge in [-0.25, -0.2) is 0 Å². The van der Waals surface area contributed by atoms with E-state index in [0.717, 1.165) is 44.5 Å². The van der Waals surface area contributed by atoms with E-state index in [-0.39, 0.29) is 12.0 Å². The fourth-order valence-electron chi connectivity index (χ4n) is 7.40. The van der Waals surface area contributed by atoms with E-state index < -0.39 is 17.1 Å². The van der Waals surface area contributed by atoms with Crippen molar-refractivity contribution in [1.82, 2.24) is 4.90 Å². The Hall–Kier alpha value is -2.58. The molecule has 2 aromatic rings. The van der Waals surface area contributed by atoms with Crippen molar-refractivity contribution < 1.29 is 19.1 Å². The Kier molecular flexibility index (Phi) is 6.89. The summed E-state index contributed by atoms with van der Waals surface area (Å²) < 4.78 is 6.81. The summed E-state index contributed by atoms with van der Waals surface area (Å²) in [6.07, 6.45) is 9.65. The maximum absolute atomic E-state index is 13.2. The van der Waals surface area contributed by atoms with Gasteiger partial charge in [-0.15, -0.1) is 0 Å². The molecule has 5 aliphatic rings. The van der Waals surface area contributed by atoms with Gasteiger partial charge in [0.25, 0.3) is 11.1 Å². The fraction of sp³-hybridized carbons (Fsp3) is 0.433. The van der Waals surface area contributed by atoms with E-state index in [2.05, 4.69) is 33.4 Å². The number of amides is 3. The van der Waals surface area contributed by atoms with E-state index >= 15 is 0 Å². The van der Waals surface area contributed by atoms with Crippen LogP contribution in [-0.2, 0) is 15.0 Å². The van der Waals surface area contributed by atoms with Crippen LogP contribution in [0.25, 0.3) is 6.08 Å². The third-order valence-electron chi connectivity index (χ3n) is 8.55. The van der Waals surface area contributed by atoms with Crippen LogP contribution < -0.4 is 10.1 Å². The molecule has 8 heteroatoms. The SMILES string of the molecule is CCOc1ccc(C23CC4CC(CC(C4)C2)C3)cc1/C=C1/SC(=O)N(CC(=O)Nc2ccc(Br)cc2)C1=O. The molecule has 4 saturated carbocycles. The molecule has 0 spiro atoms. The number of thioether (sulfide) groups is 1. The minimum Gasteiger partial charge on any atom is -0.493 e. The van der Waals surface area contributed by atoms with Gasteiger partial charge in [0.05, 0.1) is 11.5 Å². The molecule has 0 radical (unpaired) electrons. The number of halogens is 1. The minimum absolute atomic E-state index is 0.215. The number of carbonyl (C=O) groups is 3. The lowest BCUT2D eigenvalue weighted by Gasteiger charge is -2.57. The first-order valence-electron chi connectivity index (χ1n) is 13.4. The summed E-state index contributed by atoms with van der Waals surface area (Å²) in [6.45, 7) is 2.12. The Morgan fingerprint density at radius 3 is 2.37 bits per heavy atom. The number of hydrogen-bond donors (Lipinski definition) is 1. The van der Waals surface area contributed by atoms with Crippen molar-refractivity contribution in [3.05, 3.63) is 63.0 Å². The predicted molar refractivity (Wildman–Crippen MR) is 153 cm³/mol. The first kappa shape index (κ1) is 25.7. The smallest absolute Gasteiger partial charge is 0.294 e. The molecular formula is C30H31BrN2O4S. The largest absolute Gasteiger partial charge is 0.493 e. The van der Waals surface area contributed by atoms with E-state index in [4.69, 9.17) is 4.74 Å². The number of rotatable bonds is 7. The summed E-state index contributed by atoms with van der Waals surface area (Å²) in [6, 6.07) is 13.6. The van der Waals surface area contributed by atoms with Crippen LogP contribution in [0, 0.1) is 17.8 Å². The zero-order chi connectivity index (χ0) is 26.4. The van der Waals surface area contributed by atoms with Crippen LogP contribution in [0.3, 0.4) is 0 Å². The molecule has 1 heterocycles. The third-order valence-corrected chi connectivity index (χ3v) is 9.99. The maximum atomic E-state index is 13.2. The zero-order valence-corrected chi connectivity index (χ0v) is 23.8. The molecule has 1 N–H and O–H groups in total. The van der Waals surface area contributed by atoms with Crippen molar-refractivity contribution in [2.45, 2.75) is 50.9 Å². The molecule has 0 aromatic heterocycles. The van der Waals surface area contributed by atoms with Crippen molar-refractivity contribution in [3.8, 4) is 5.75 Å². The number of imide groups is 1. The van der Waals surface area contributed by atoms with Crippen LogP contribution in [0.5, 0.6) is 5.75 Å². The van der Waals surface area contributed by atoms with Crippen molar-refractivity contribution in [2.24, 2.45) is 17.8 Å². The highest BCUT2D eigenvalue weighted by molar-refractivity contribution is 9.10. The topological polar surface area (TPSA) is 75.7 Å². The molecular weight excluding hydrogens is 564 g/mol. The Morgan fingerprint density at radius 2 is 1.74 bits per heavy atom. The average Bonchev–Trinajstić information content (AvgIpc) is 3.13. The van der Waals surface area contributed by atoms with Gasteiger partial charge in [0.15, 0.2) is 0 Å². The number of nitrogens with one attached hydrogen (secondary N) is 1. The van der Waals surface area contributed by atoms with Gasteiger partial charge in [0.2, 0.25) is 5.91 Å². The molecule has 6 nitrogen and oxygen atoms in total. The molecule has 1 saturated heterocycles. The van der Waals surface area contributed by atoms with Crippen molar-refractivity contribution in [1.29, 1.82) is 0 Å². The second-order valence-corrected chi connectivity index (χ2v) is 13.1. The first-order chi connectivity index (χ1) is 18.3. The highest BCUT2D eigenvalue weighted by Gasteiger charge is 2.51. The first-order valence-corrected chi connectivity index (χ1v) is 15.0. The van der Waals surface area contributed by atoms with Gasteiger partial charge < -0.3 is 10.1 Å². The number of carbonyl (C=O) groups excluding carboxylic acids is 3. The number of nitrogens with zero attached hydrogens (tertiary/aromatic N) is 1. The van der Waals surface area contributed by atoms with E-state index in [1.54, 1.807) is 18.2 Å². The summed E-state index contributed by atoms with van der Waals surface area (Å²) in [5.41, 5.74) is 2.97. The van der Waals surface area contributed by atoms with Crippen LogP contribution in [0.4, 0.5) is 10.5 Å². The van der Waals surface area contributed by atoms with E-state index in [1.807, 2.05) is 25.1 Å². The quantitative estimate of drug-likeness (QED) is 0.349. The highest BCUT2D eigenvalue weighted by Crippen LogP contribution is 2.61. The van der Waals surface area contributed by atoms with E-state index in [1.165, 1.54) is 44.1 Å². The molecule has 0 atom stereocenters. The number of ether oxygens (including phenoxy) is 1. The van der Waals surface area contributed by atoms with Crippen LogP contribution in [0.15, 0.2) is 51.8 Å². The summed E-state index contributed by atoms with van der Waals surface area (Å²) >= 11 is 4.24. The molecule has 1 aliphatic heterocycles. The fourth-order valence-corrected chi connectivity index (χ4v) is 8.49. The number of anilines is 1. The van der Waals surface area contributed by atoms with Crippen molar-refractivity contribution in [3.63, 3.8) is 0 Å². The van der Waals surface area contributed by atoms with Gasteiger partial charge in [-0.3, -0.25) is 19.3 Å². The van der Waals surface area contributed by atoms with Gasteiger partial charge in [-0.2, -0.15) is 0 Å². The third kappa shape index (κ3) is 4.93. The molecule has 38 heavy (non-hydrogen) atoms. The lowest BCUT2D eigenvalue weighted by molar-refractivity contribution is -0.127. The number of hydrogen-bond acceptors (Lipinski definition) is 5. The predicted octanol–water partition coefficient (Wildman–Crippen LogP) is 6.99. The Morgan fingerprint density at radius 1 is 1.08 bits per heavy atom. The molecule has 2 aromatic carbocycles. The standard InChI is InChI=1S/C30H31BrN2O4S/c1-2-37-25-8-3-22(30-14-18-9-19(15-30)11-20(10-18)16-30)12-21(25)13-26-28(35)33(29(36)38-26)17-27(34)32-24-6-4-23(31)5-7-24/h3-8,12-13,18-20H,2,9-11,14-17H2,1H3,(H,32,34)/b26-13+. The summed E-state index contributed by atoms with van der Waals surface area (Å²) in [5.74, 6) is 2.33. The monoisotopic (exact) mass is 594 g/mol. The minimum atomic E-state index is -0.450. The Labute approximate surface area is 235 Å². The normalized spacial score (nSPS) is 28.8. The lowest BCUT2D eigenvalue weighted by atomic mass is 9.48. The molecule has 4 bridgehead atoms. The van der Waals surface area contributed by atoms with Gasteiger partial charge >= 0.3 is 0 Å². The summed E-state index contributed by atoms with van der Waals surface area (Å²) in [7, 11) is 0. The molecule has 198 valence electrons. The van der Waals surface area contributed by atoms with Gasteiger partial charge in [-0.05, 0) is 128 Å². The molecule has 4 aliphatic carbocycles. The van der Waals surface area contributed by atoms with Gasteiger partial charge in [-0.1, -0.05) is 22.0 Å². The van der Waals surface area contributed by atoms with Crippen LogP contribution in [-0.4, -0.2) is 35.1 Å².